The molecule has 23 heavy (non-hydrogen) atoms. The number of carbonyl (C=O) groups excluding carboxylic acids is 1. The van der Waals surface area contributed by atoms with Crippen molar-refractivity contribution in [3.8, 4) is 0 Å². The van der Waals surface area contributed by atoms with Crippen molar-refractivity contribution in [1.82, 2.24) is 29.9 Å². The summed E-state index contributed by atoms with van der Waals surface area (Å²) in [4.78, 5) is 20.8. The Balaban J connectivity index is 1.55. The van der Waals surface area contributed by atoms with Gasteiger partial charge in [-0.05, 0) is 24.3 Å². The summed E-state index contributed by atoms with van der Waals surface area (Å²) >= 11 is 0. The maximum Gasteiger partial charge on any atom is 0.271 e. The minimum absolute atomic E-state index is 0.262. The van der Waals surface area contributed by atoms with Crippen LogP contribution in [-0.2, 0) is 6.54 Å². The number of para-hydroxylation sites is 2. The molecule has 7 nitrogen and oxygen atoms in total. The highest BCUT2D eigenvalue weighted by Crippen LogP contribution is 2.08. The average molecular weight is 304 g/mol. The van der Waals surface area contributed by atoms with Crippen LogP contribution >= 0.6 is 0 Å². The average Bonchev–Trinajstić information content (AvgIpc) is 3.02. The molecule has 0 bridgehead atoms. The quantitative estimate of drug-likeness (QED) is 0.621. The second-order valence-electron chi connectivity index (χ2n) is 4.97. The van der Waals surface area contributed by atoms with E-state index in [1.165, 1.54) is 6.20 Å². The summed E-state index contributed by atoms with van der Waals surface area (Å²) in [6, 6.07) is 13.0. The summed E-state index contributed by atoms with van der Waals surface area (Å²) < 4.78 is 1.83. The zero-order valence-corrected chi connectivity index (χ0v) is 12.0. The van der Waals surface area contributed by atoms with Crippen LogP contribution in [0.15, 0.2) is 54.9 Å². The molecule has 112 valence electrons. The molecular formula is C16H12N6O. The van der Waals surface area contributed by atoms with Crippen LogP contribution in [0.1, 0.15) is 16.3 Å². The van der Waals surface area contributed by atoms with Gasteiger partial charge in [-0.2, -0.15) is 0 Å². The predicted octanol–water partition coefficient (Wildman–Crippen LogP) is 1.60. The van der Waals surface area contributed by atoms with E-state index in [-0.39, 0.29) is 18.1 Å². The summed E-state index contributed by atoms with van der Waals surface area (Å²) in [6.45, 7) is 0.262. The van der Waals surface area contributed by atoms with Crippen molar-refractivity contribution < 1.29 is 4.79 Å². The summed E-state index contributed by atoms with van der Waals surface area (Å²) in [6.07, 6.45) is 3.33. The van der Waals surface area contributed by atoms with Crippen molar-refractivity contribution in [2.75, 3.05) is 0 Å². The van der Waals surface area contributed by atoms with Crippen LogP contribution in [0.5, 0.6) is 0 Å². The van der Waals surface area contributed by atoms with Crippen molar-refractivity contribution in [2.45, 2.75) is 6.54 Å². The Hall–Kier alpha value is -3.35. The van der Waals surface area contributed by atoms with Crippen LogP contribution in [0, 0.1) is 0 Å². The maximum absolute atomic E-state index is 12.2. The molecule has 3 aromatic heterocycles. The molecule has 0 aliphatic carbocycles. The molecule has 0 fully saturated rings. The highest BCUT2D eigenvalue weighted by atomic mass is 16.1. The van der Waals surface area contributed by atoms with Crippen molar-refractivity contribution in [1.29, 1.82) is 0 Å². The Kier molecular flexibility index (Phi) is 3.16. The molecule has 0 unspecified atom stereocenters. The predicted molar refractivity (Wildman–Crippen MR) is 83.7 cm³/mol. The maximum atomic E-state index is 12.2. The third-order valence-electron chi connectivity index (χ3n) is 3.47. The molecule has 0 spiro atoms. The van der Waals surface area contributed by atoms with Crippen LogP contribution in [0.2, 0.25) is 0 Å². The van der Waals surface area contributed by atoms with Crippen molar-refractivity contribution in [3.05, 3.63) is 66.4 Å². The van der Waals surface area contributed by atoms with Gasteiger partial charge in [0.05, 0.1) is 23.8 Å². The number of nitrogens with zero attached hydrogens (tertiary/aromatic N) is 5. The lowest BCUT2D eigenvalue weighted by molar-refractivity contribution is 0.0945. The van der Waals surface area contributed by atoms with Gasteiger partial charge in [0.15, 0.2) is 11.5 Å². The van der Waals surface area contributed by atoms with Crippen LogP contribution in [-0.4, -0.2) is 30.5 Å². The molecule has 1 N–H and O–H groups in total. The summed E-state index contributed by atoms with van der Waals surface area (Å²) in [5, 5.41) is 10.9. The molecule has 4 aromatic rings. The number of hydrogen-bond acceptors (Lipinski definition) is 5. The van der Waals surface area contributed by atoms with Crippen molar-refractivity contribution in [3.63, 3.8) is 0 Å². The third-order valence-corrected chi connectivity index (χ3v) is 3.47. The molecule has 0 saturated heterocycles. The molecule has 1 amide bonds. The number of fused-ring (bicyclic) bond motifs is 2. The van der Waals surface area contributed by atoms with Gasteiger partial charge in [0.2, 0.25) is 0 Å². The molecule has 0 saturated carbocycles. The van der Waals surface area contributed by atoms with E-state index in [9.17, 15) is 4.79 Å². The fourth-order valence-corrected chi connectivity index (χ4v) is 2.33. The second kappa shape index (κ2) is 5.45. The van der Waals surface area contributed by atoms with Crippen molar-refractivity contribution >= 4 is 22.6 Å². The Labute approximate surface area is 131 Å². The van der Waals surface area contributed by atoms with Gasteiger partial charge < -0.3 is 5.32 Å². The molecule has 3 heterocycles. The topological polar surface area (TPSA) is 85.1 Å². The van der Waals surface area contributed by atoms with Crippen LogP contribution in [0.3, 0.4) is 0 Å². The highest BCUT2D eigenvalue weighted by molar-refractivity contribution is 5.93. The van der Waals surface area contributed by atoms with Gasteiger partial charge in [-0.15, -0.1) is 10.2 Å². The van der Waals surface area contributed by atoms with E-state index in [4.69, 9.17) is 0 Å². The largest absolute Gasteiger partial charge is 0.343 e. The van der Waals surface area contributed by atoms with Gasteiger partial charge in [-0.25, -0.2) is 4.98 Å². The second-order valence-corrected chi connectivity index (χ2v) is 4.97. The van der Waals surface area contributed by atoms with Gasteiger partial charge in [0.1, 0.15) is 5.69 Å². The zero-order chi connectivity index (χ0) is 15.6. The van der Waals surface area contributed by atoms with Crippen molar-refractivity contribution in [2.24, 2.45) is 0 Å². The normalized spacial score (nSPS) is 11.0. The first-order chi connectivity index (χ1) is 11.3. The van der Waals surface area contributed by atoms with Crippen LogP contribution in [0.25, 0.3) is 16.7 Å². The summed E-state index contributed by atoms with van der Waals surface area (Å²) in [5.41, 5.74) is 2.46. The first-order valence-corrected chi connectivity index (χ1v) is 7.10. The Morgan fingerprint density at radius 1 is 1.04 bits per heavy atom. The number of carbonyl (C=O) groups is 1. The SMILES string of the molecule is O=C(NCc1nnc2ccccn12)c1cnc2ccccc2n1. The Morgan fingerprint density at radius 3 is 2.78 bits per heavy atom. The van der Waals surface area contributed by atoms with Gasteiger partial charge >= 0.3 is 0 Å². The van der Waals surface area contributed by atoms with E-state index in [1.807, 2.05) is 53.1 Å². The number of nitrogens with one attached hydrogen (secondary N) is 1. The fourth-order valence-electron chi connectivity index (χ4n) is 2.33. The number of benzene rings is 1. The molecule has 0 aliphatic heterocycles. The number of pyridine rings is 1. The van der Waals surface area contributed by atoms with E-state index < -0.39 is 0 Å². The fraction of sp³-hybridized carbons (Fsp3) is 0.0625. The minimum Gasteiger partial charge on any atom is -0.343 e. The number of hydrogen-bond donors (Lipinski definition) is 1. The van der Waals surface area contributed by atoms with E-state index in [0.717, 1.165) is 11.2 Å². The first kappa shape index (κ1) is 13.3. The third kappa shape index (κ3) is 2.48. The first-order valence-electron chi connectivity index (χ1n) is 7.10. The smallest absolute Gasteiger partial charge is 0.271 e. The van der Waals surface area contributed by atoms with Gasteiger partial charge in [-0.3, -0.25) is 14.2 Å². The van der Waals surface area contributed by atoms with Crippen LogP contribution < -0.4 is 5.32 Å². The van der Waals surface area contributed by atoms with E-state index in [1.54, 1.807) is 0 Å². The summed E-state index contributed by atoms with van der Waals surface area (Å²) in [7, 11) is 0. The van der Waals surface area contributed by atoms with E-state index in [2.05, 4.69) is 25.5 Å². The van der Waals surface area contributed by atoms with Gasteiger partial charge in [0.25, 0.3) is 5.91 Å². The molecular weight excluding hydrogens is 292 g/mol. The molecule has 4 rings (SSSR count). The summed E-state index contributed by atoms with van der Waals surface area (Å²) in [5.74, 6) is 0.360. The molecule has 1 aromatic carbocycles. The molecule has 0 radical (unpaired) electrons. The number of aromatic nitrogens is 5. The number of rotatable bonds is 3. The monoisotopic (exact) mass is 304 g/mol. The van der Waals surface area contributed by atoms with E-state index in [0.29, 0.717) is 11.3 Å². The lowest BCUT2D eigenvalue weighted by Gasteiger charge is -2.04. The zero-order valence-electron chi connectivity index (χ0n) is 12.0. The minimum atomic E-state index is -0.295. The van der Waals surface area contributed by atoms with Gasteiger partial charge in [0, 0.05) is 6.20 Å². The standard InChI is InChI=1S/C16H12N6O/c23-16(13-9-17-11-5-1-2-6-12(11)19-13)18-10-15-21-20-14-7-3-4-8-22(14)15/h1-9H,10H2,(H,18,23). The van der Waals surface area contributed by atoms with Crippen LogP contribution in [0.4, 0.5) is 0 Å². The molecule has 0 aliphatic rings. The Bertz CT molecular complexity index is 1010. The van der Waals surface area contributed by atoms with E-state index >= 15 is 0 Å². The van der Waals surface area contributed by atoms with Gasteiger partial charge in [-0.1, -0.05) is 18.2 Å². The molecule has 7 heteroatoms. The molecule has 0 atom stereocenters. The lowest BCUT2D eigenvalue weighted by Crippen LogP contribution is -2.25. The Morgan fingerprint density at radius 2 is 1.87 bits per heavy atom. The highest BCUT2D eigenvalue weighted by Gasteiger charge is 2.11. The lowest BCUT2D eigenvalue weighted by atomic mass is 10.3. The number of amides is 1.